The van der Waals surface area contributed by atoms with Gasteiger partial charge in [0.05, 0.1) is 4.90 Å². The van der Waals surface area contributed by atoms with Gasteiger partial charge in [0, 0.05) is 18.4 Å². The van der Waals surface area contributed by atoms with E-state index in [-0.39, 0.29) is 16.1 Å². The molecule has 26 heavy (non-hydrogen) atoms. The highest BCUT2D eigenvalue weighted by molar-refractivity contribution is 7.85. The van der Waals surface area contributed by atoms with Crippen LogP contribution in [0.25, 0.3) is 0 Å². The molecule has 0 spiro atoms. The monoisotopic (exact) mass is 391 g/mol. The Morgan fingerprint density at radius 2 is 1.77 bits per heavy atom. The van der Waals surface area contributed by atoms with Crippen molar-refractivity contribution in [3.05, 3.63) is 59.9 Å². The normalized spacial score (nSPS) is 11.2. The third kappa shape index (κ3) is 4.26. The number of aromatic nitrogens is 3. The van der Waals surface area contributed by atoms with Crippen LogP contribution in [0.15, 0.2) is 59.5 Å². The fourth-order valence-corrected chi connectivity index (χ4v) is 2.86. The SMILES string of the molecule is CN(c1ccccc1)c1nc(Cl)nc(Nc2cccc(S(=O)(=O)O)c2)n1. The van der Waals surface area contributed by atoms with Crippen LogP contribution in [-0.2, 0) is 10.1 Å². The van der Waals surface area contributed by atoms with Crippen molar-refractivity contribution in [2.24, 2.45) is 0 Å². The average Bonchev–Trinajstić information content (AvgIpc) is 2.61. The number of benzene rings is 2. The molecule has 1 heterocycles. The Labute approximate surface area is 155 Å². The molecule has 0 aliphatic heterocycles. The van der Waals surface area contributed by atoms with Crippen molar-refractivity contribution in [2.45, 2.75) is 4.90 Å². The van der Waals surface area contributed by atoms with Crippen LogP contribution in [0.3, 0.4) is 0 Å². The van der Waals surface area contributed by atoms with Crippen molar-refractivity contribution in [2.75, 3.05) is 17.3 Å². The average molecular weight is 392 g/mol. The van der Waals surface area contributed by atoms with Gasteiger partial charge in [-0.25, -0.2) is 0 Å². The highest BCUT2D eigenvalue weighted by Crippen LogP contribution is 2.23. The summed E-state index contributed by atoms with van der Waals surface area (Å²) in [6, 6.07) is 15.1. The molecule has 0 radical (unpaired) electrons. The zero-order valence-electron chi connectivity index (χ0n) is 13.5. The molecule has 0 atom stereocenters. The van der Waals surface area contributed by atoms with Crippen LogP contribution in [-0.4, -0.2) is 35.0 Å². The molecule has 2 aromatic carbocycles. The van der Waals surface area contributed by atoms with E-state index in [0.717, 1.165) is 5.69 Å². The number of anilines is 4. The molecular weight excluding hydrogens is 378 g/mol. The maximum Gasteiger partial charge on any atom is 0.294 e. The zero-order valence-corrected chi connectivity index (χ0v) is 15.1. The summed E-state index contributed by atoms with van der Waals surface area (Å²) in [7, 11) is -2.53. The smallest absolute Gasteiger partial charge is 0.294 e. The topological polar surface area (TPSA) is 108 Å². The highest BCUT2D eigenvalue weighted by atomic mass is 35.5. The number of nitrogens with zero attached hydrogens (tertiary/aromatic N) is 4. The van der Waals surface area contributed by atoms with Crippen molar-refractivity contribution in [1.29, 1.82) is 0 Å². The first-order valence-electron chi connectivity index (χ1n) is 7.38. The van der Waals surface area contributed by atoms with E-state index in [9.17, 15) is 8.42 Å². The molecule has 2 N–H and O–H groups in total. The van der Waals surface area contributed by atoms with E-state index in [0.29, 0.717) is 11.6 Å². The van der Waals surface area contributed by atoms with Gasteiger partial charge in [-0.2, -0.15) is 23.4 Å². The molecule has 1 aromatic heterocycles. The van der Waals surface area contributed by atoms with Crippen LogP contribution in [0.1, 0.15) is 0 Å². The van der Waals surface area contributed by atoms with Crippen LogP contribution >= 0.6 is 11.6 Å². The van der Waals surface area contributed by atoms with E-state index in [1.54, 1.807) is 18.0 Å². The third-order valence-corrected chi connectivity index (χ3v) is 4.45. The van der Waals surface area contributed by atoms with Crippen molar-refractivity contribution >= 4 is 45.0 Å². The molecule has 134 valence electrons. The Kier molecular flexibility index (Phi) is 5.03. The lowest BCUT2D eigenvalue weighted by Crippen LogP contribution is -2.14. The van der Waals surface area contributed by atoms with Gasteiger partial charge in [-0.3, -0.25) is 4.55 Å². The number of hydrogen-bond donors (Lipinski definition) is 2. The molecule has 3 aromatic rings. The number of halogens is 1. The number of hydrogen-bond acceptors (Lipinski definition) is 7. The van der Waals surface area contributed by atoms with Crippen molar-refractivity contribution in [1.82, 2.24) is 15.0 Å². The van der Waals surface area contributed by atoms with Gasteiger partial charge in [0.2, 0.25) is 17.2 Å². The lowest BCUT2D eigenvalue weighted by molar-refractivity contribution is 0.483. The minimum absolute atomic E-state index is 0.0220. The van der Waals surface area contributed by atoms with Gasteiger partial charge < -0.3 is 10.2 Å². The summed E-state index contributed by atoms with van der Waals surface area (Å²) < 4.78 is 31.6. The molecule has 0 fully saturated rings. The van der Waals surface area contributed by atoms with Gasteiger partial charge >= 0.3 is 0 Å². The second-order valence-electron chi connectivity index (χ2n) is 5.25. The van der Waals surface area contributed by atoms with E-state index in [1.807, 2.05) is 30.3 Å². The molecular formula is C16H14ClN5O3S. The van der Waals surface area contributed by atoms with Gasteiger partial charge in [0.15, 0.2) is 0 Å². The fourth-order valence-electron chi connectivity index (χ4n) is 2.18. The Morgan fingerprint density at radius 1 is 1.04 bits per heavy atom. The molecule has 0 saturated heterocycles. The first-order valence-corrected chi connectivity index (χ1v) is 9.20. The first kappa shape index (κ1) is 18.1. The molecule has 0 bridgehead atoms. The molecule has 3 rings (SSSR count). The van der Waals surface area contributed by atoms with Gasteiger partial charge in [0.25, 0.3) is 10.1 Å². The first-order chi connectivity index (χ1) is 12.3. The van der Waals surface area contributed by atoms with Crippen LogP contribution in [0.2, 0.25) is 5.28 Å². The van der Waals surface area contributed by atoms with E-state index in [4.69, 9.17) is 16.2 Å². The Balaban J connectivity index is 1.91. The number of para-hydroxylation sites is 1. The highest BCUT2D eigenvalue weighted by Gasteiger charge is 2.13. The predicted octanol–water partition coefficient (Wildman–Crippen LogP) is 3.28. The maximum absolute atomic E-state index is 11.3. The van der Waals surface area contributed by atoms with Crippen LogP contribution < -0.4 is 10.2 Å². The number of nitrogens with one attached hydrogen (secondary N) is 1. The molecule has 10 heteroatoms. The van der Waals surface area contributed by atoms with E-state index in [2.05, 4.69) is 20.3 Å². The Morgan fingerprint density at radius 3 is 2.46 bits per heavy atom. The van der Waals surface area contributed by atoms with Crippen molar-refractivity contribution in [3.63, 3.8) is 0 Å². The number of rotatable bonds is 5. The molecule has 0 unspecified atom stereocenters. The van der Waals surface area contributed by atoms with Crippen molar-refractivity contribution < 1.29 is 13.0 Å². The zero-order chi connectivity index (χ0) is 18.7. The van der Waals surface area contributed by atoms with Gasteiger partial charge in [-0.15, -0.1) is 0 Å². The minimum Gasteiger partial charge on any atom is -0.324 e. The summed E-state index contributed by atoms with van der Waals surface area (Å²) >= 11 is 5.99. The van der Waals surface area contributed by atoms with E-state index >= 15 is 0 Å². The van der Waals surface area contributed by atoms with Gasteiger partial charge in [0.1, 0.15) is 0 Å². The summed E-state index contributed by atoms with van der Waals surface area (Å²) in [5.74, 6) is 0.444. The second-order valence-corrected chi connectivity index (χ2v) is 7.01. The largest absolute Gasteiger partial charge is 0.324 e. The maximum atomic E-state index is 11.3. The lowest BCUT2D eigenvalue weighted by Gasteiger charge is -2.17. The third-order valence-electron chi connectivity index (χ3n) is 3.43. The van der Waals surface area contributed by atoms with Crippen molar-refractivity contribution in [3.8, 4) is 0 Å². The minimum atomic E-state index is -4.31. The summed E-state index contributed by atoms with van der Waals surface area (Å²) in [5, 5.41) is 2.83. The van der Waals surface area contributed by atoms with Crippen LogP contribution in [0, 0.1) is 0 Å². The quantitative estimate of drug-likeness (QED) is 0.638. The van der Waals surface area contributed by atoms with E-state index < -0.39 is 10.1 Å². The summed E-state index contributed by atoms with van der Waals surface area (Å²) in [4.78, 5) is 13.9. The predicted molar refractivity (Wildman–Crippen MR) is 98.9 cm³/mol. The molecule has 0 aliphatic rings. The van der Waals surface area contributed by atoms with Crippen LogP contribution in [0.4, 0.5) is 23.3 Å². The van der Waals surface area contributed by atoms with Gasteiger partial charge in [-0.05, 0) is 41.9 Å². The molecule has 0 saturated carbocycles. The van der Waals surface area contributed by atoms with Gasteiger partial charge in [-0.1, -0.05) is 24.3 Å². The second kappa shape index (κ2) is 7.24. The van der Waals surface area contributed by atoms with E-state index in [1.165, 1.54) is 18.2 Å². The summed E-state index contributed by atoms with van der Waals surface area (Å²) in [6.45, 7) is 0. The molecule has 0 amide bonds. The summed E-state index contributed by atoms with van der Waals surface area (Å²) in [6.07, 6.45) is 0. The molecule has 8 nitrogen and oxygen atoms in total. The summed E-state index contributed by atoms with van der Waals surface area (Å²) in [5.41, 5.74) is 1.23. The fraction of sp³-hybridized carbons (Fsp3) is 0.0625. The standard InChI is InChI=1S/C16H14ClN5O3S/c1-22(12-7-3-2-4-8-12)16-20-14(17)19-15(21-16)18-11-6-5-9-13(10-11)26(23,24)25/h2-10H,1H3,(H,23,24,25)(H,18,19,20,21). The molecule has 0 aliphatic carbocycles. The van der Waals surface area contributed by atoms with Crippen LogP contribution in [0.5, 0.6) is 0 Å². The Hall–Kier alpha value is -2.75. The lowest BCUT2D eigenvalue weighted by atomic mass is 10.3. The Bertz CT molecular complexity index is 1030.